The highest BCUT2D eigenvalue weighted by Crippen LogP contribution is 2.31. The molecule has 3 rings (SSSR count). The van der Waals surface area contributed by atoms with E-state index in [0.29, 0.717) is 0 Å². The molecule has 21 heavy (non-hydrogen) atoms. The number of hydrogen-bond donors (Lipinski definition) is 2. The first-order valence-corrected chi connectivity index (χ1v) is 7.84. The summed E-state index contributed by atoms with van der Waals surface area (Å²) in [5.74, 6) is 5.88. The van der Waals surface area contributed by atoms with Crippen molar-refractivity contribution in [1.29, 1.82) is 0 Å². The molecule has 1 atom stereocenters. The Morgan fingerprint density at radius 1 is 1.10 bits per heavy atom. The minimum atomic E-state index is -0.0390. The SMILES string of the molecule is Cc1cccc(C(NN)c2cccc3cnccc23)c1I. The molecule has 2 aromatic carbocycles. The van der Waals surface area contributed by atoms with Crippen LogP contribution in [0.2, 0.25) is 0 Å². The maximum absolute atomic E-state index is 5.88. The van der Waals surface area contributed by atoms with Crippen molar-refractivity contribution >= 4 is 33.4 Å². The highest BCUT2D eigenvalue weighted by atomic mass is 127. The van der Waals surface area contributed by atoms with Gasteiger partial charge in [-0.15, -0.1) is 0 Å². The number of rotatable bonds is 3. The van der Waals surface area contributed by atoms with Gasteiger partial charge in [0.1, 0.15) is 0 Å². The number of nitrogens with one attached hydrogen (secondary N) is 1. The number of hydrogen-bond acceptors (Lipinski definition) is 3. The van der Waals surface area contributed by atoms with Crippen LogP contribution in [0.5, 0.6) is 0 Å². The van der Waals surface area contributed by atoms with Gasteiger partial charge in [0.2, 0.25) is 0 Å². The molecule has 0 amide bonds. The number of nitrogens with two attached hydrogens (primary N) is 1. The van der Waals surface area contributed by atoms with Crippen LogP contribution in [0.1, 0.15) is 22.7 Å². The van der Waals surface area contributed by atoms with Crippen molar-refractivity contribution < 1.29 is 0 Å². The Bertz CT molecular complexity index is 781. The largest absolute Gasteiger partial charge is 0.271 e. The van der Waals surface area contributed by atoms with Gasteiger partial charge in [-0.25, -0.2) is 5.43 Å². The molecule has 0 fully saturated rings. The van der Waals surface area contributed by atoms with Crippen LogP contribution < -0.4 is 11.3 Å². The summed E-state index contributed by atoms with van der Waals surface area (Å²) in [6.07, 6.45) is 3.70. The van der Waals surface area contributed by atoms with E-state index in [4.69, 9.17) is 5.84 Å². The van der Waals surface area contributed by atoms with E-state index in [2.05, 4.69) is 70.3 Å². The lowest BCUT2D eigenvalue weighted by Crippen LogP contribution is -2.29. The Labute approximate surface area is 137 Å². The van der Waals surface area contributed by atoms with Gasteiger partial charge in [0, 0.05) is 21.4 Å². The fourth-order valence-corrected chi connectivity index (χ4v) is 3.31. The van der Waals surface area contributed by atoms with E-state index >= 15 is 0 Å². The van der Waals surface area contributed by atoms with Crippen molar-refractivity contribution in [2.45, 2.75) is 13.0 Å². The average molecular weight is 389 g/mol. The van der Waals surface area contributed by atoms with Gasteiger partial charge in [0.15, 0.2) is 0 Å². The number of hydrazine groups is 1. The van der Waals surface area contributed by atoms with Crippen LogP contribution in [0.4, 0.5) is 0 Å². The third-order valence-corrected chi connectivity index (χ3v) is 5.20. The number of benzene rings is 2. The van der Waals surface area contributed by atoms with Gasteiger partial charge in [0.25, 0.3) is 0 Å². The van der Waals surface area contributed by atoms with Crippen LogP contribution in [0, 0.1) is 10.5 Å². The van der Waals surface area contributed by atoms with E-state index in [9.17, 15) is 0 Å². The topological polar surface area (TPSA) is 50.9 Å². The molecule has 3 aromatic rings. The second-order valence-electron chi connectivity index (χ2n) is 5.02. The van der Waals surface area contributed by atoms with Crippen LogP contribution >= 0.6 is 22.6 Å². The molecule has 0 saturated heterocycles. The monoisotopic (exact) mass is 389 g/mol. The zero-order chi connectivity index (χ0) is 14.8. The Hall–Kier alpha value is -1.50. The van der Waals surface area contributed by atoms with Crippen LogP contribution in [0.15, 0.2) is 54.9 Å². The van der Waals surface area contributed by atoms with E-state index in [0.717, 1.165) is 5.39 Å². The lowest BCUT2D eigenvalue weighted by atomic mass is 9.94. The molecule has 106 valence electrons. The van der Waals surface area contributed by atoms with Gasteiger partial charge in [-0.1, -0.05) is 36.4 Å². The van der Waals surface area contributed by atoms with Crippen molar-refractivity contribution in [2.75, 3.05) is 0 Å². The molecule has 0 aliphatic carbocycles. The third-order valence-electron chi connectivity index (χ3n) is 3.72. The lowest BCUT2D eigenvalue weighted by Gasteiger charge is -2.21. The van der Waals surface area contributed by atoms with Gasteiger partial charge in [0.05, 0.1) is 6.04 Å². The van der Waals surface area contributed by atoms with Crippen molar-refractivity contribution in [3.05, 3.63) is 75.1 Å². The smallest absolute Gasteiger partial charge is 0.0726 e. The van der Waals surface area contributed by atoms with Crippen molar-refractivity contribution in [3.63, 3.8) is 0 Å². The van der Waals surface area contributed by atoms with Gasteiger partial charge in [-0.05, 0) is 57.7 Å². The molecule has 0 aliphatic heterocycles. The maximum Gasteiger partial charge on any atom is 0.0726 e. The van der Waals surface area contributed by atoms with E-state index in [1.807, 2.05) is 24.5 Å². The zero-order valence-electron chi connectivity index (χ0n) is 11.7. The second kappa shape index (κ2) is 6.09. The molecule has 3 N–H and O–H groups in total. The summed E-state index contributed by atoms with van der Waals surface area (Å²) in [6, 6.07) is 14.5. The molecular weight excluding hydrogens is 373 g/mol. The molecule has 0 aliphatic rings. The van der Waals surface area contributed by atoms with Crippen molar-refractivity contribution in [2.24, 2.45) is 5.84 Å². The number of aromatic nitrogens is 1. The molecule has 4 heteroatoms. The van der Waals surface area contributed by atoms with Crippen molar-refractivity contribution in [1.82, 2.24) is 10.4 Å². The Kier molecular flexibility index (Phi) is 4.19. The summed E-state index contributed by atoms with van der Waals surface area (Å²) in [7, 11) is 0. The predicted octanol–water partition coefficient (Wildman–Crippen LogP) is 3.70. The van der Waals surface area contributed by atoms with Gasteiger partial charge in [-0.3, -0.25) is 10.8 Å². The first-order chi connectivity index (χ1) is 10.2. The van der Waals surface area contributed by atoms with Crippen LogP contribution in [0.3, 0.4) is 0 Å². The highest BCUT2D eigenvalue weighted by Gasteiger charge is 2.18. The molecule has 3 nitrogen and oxygen atoms in total. The molecule has 0 spiro atoms. The fraction of sp³-hybridized carbons (Fsp3) is 0.118. The third kappa shape index (κ3) is 2.66. The number of pyridine rings is 1. The quantitative estimate of drug-likeness (QED) is 0.408. The summed E-state index contributed by atoms with van der Waals surface area (Å²) in [4.78, 5) is 4.19. The van der Waals surface area contributed by atoms with Crippen molar-refractivity contribution in [3.8, 4) is 0 Å². The molecular formula is C17H16IN3. The molecule has 1 aromatic heterocycles. The highest BCUT2D eigenvalue weighted by molar-refractivity contribution is 14.1. The first kappa shape index (κ1) is 14.4. The molecule has 0 saturated carbocycles. The Morgan fingerprint density at radius 2 is 1.86 bits per heavy atom. The summed E-state index contributed by atoms with van der Waals surface area (Å²) in [6.45, 7) is 2.12. The minimum Gasteiger partial charge on any atom is -0.271 e. The van der Waals surface area contributed by atoms with Crippen LogP contribution in [0.25, 0.3) is 10.8 Å². The summed E-state index contributed by atoms with van der Waals surface area (Å²) < 4.78 is 1.24. The number of nitrogens with zero attached hydrogens (tertiary/aromatic N) is 1. The van der Waals surface area contributed by atoms with Crippen LogP contribution in [-0.4, -0.2) is 4.98 Å². The van der Waals surface area contributed by atoms with Gasteiger partial charge in [-0.2, -0.15) is 0 Å². The van der Waals surface area contributed by atoms with E-state index in [-0.39, 0.29) is 6.04 Å². The van der Waals surface area contributed by atoms with Crippen LogP contribution in [-0.2, 0) is 0 Å². The minimum absolute atomic E-state index is 0.0390. The number of fused-ring (bicyclic) bond motifs is 1. The number of halogens is 1. The summed E-state index contributed by atoms with van der Waals surface area (Å²) >= 11 is 2.39. The Morgan fingerprint density at radius 3 is 2.67 bits per heavy atom. The standard InChI is InChI=1S/C17H16IN3/c1-11-4-2-7-15(16(11)18)17(21-19)14-6-3-5-12-10-20-9-8-13(12)14/h2-10,17,21H,19H2,1H3. The van der Waals surface area contributed by atoms with E-state index in [1.54, 1.807) is 0 Å². The molecule has 0 radical (unpaired) electrons. The van der Waals surface area contributed by atoms with Gasteiger partial charge < -0.3 is 0 Å². The maximum atomic E-state index is 5.88. The zero-order valence-corrected chi connectivity index (χ0v) is 13.8. The summed E-state index contributed by atoms with van der Waals surface area (Å²) in [5.41, 5.74) is 6.59. The first-order valence-electron chi connectivity index (χ1n) is 6.76. The predicted molar refractivity (Wildman–Crippen MR) is 94.8 cm³/mol. The fourth-order valence-electron chi connectivity index (χ4n) is 2.64. The summed E-state index contributed by atoms with van der Waals surface area (Å²) in [5, 5.41) is 2.30. The molecule has 1 unspecified atom stereocenters. The van der Waals surface area contributed by atoms with Gasteiger partial charge >= 0.3 is 0 Å². The van der Waals surface area contributed by atoms with E-state index in [1.165, 1.54) is 25.6 Å². The number of aryl methyl sites for hydroxylation is 1. The normalized spacial score (nSPS) is 12.5. The molecule has 1 heterocycles. The lowest BCUT2D eigenvalue weighted by molar-refractivity contribution is 0.638. The average Bonchev–Trinajstić information content (AvgIpc) is 2.52. The second-order valence-corrected chi connectivity index (χ2v) is 6.10. The van der Waals surface area contributed by atoms with E-state index < -0.39 is 0 Å². The molecule has 0 bridgehead atoms. The Balaban J connectivity index is 2.21.